The summed E-state index contributed by atoms with van der Waals surface area (Å²) in [6.07, 6.45) is -3.94. The summed E-state index contributed by atoms with van der Waals surface area (Å²) in [4.78, 5) is 24.1. The molecule has 0 aliphatic heterocycles. The second-order valence-corrected chi connectivity index (χ2v) is 4.94. The number of nitrogens with zero attached hydrogens (tertiary/aromatic N) is 1. The van der Waals surface area contributed by atoms with E-state index in [2.05, 4.69) is 4.74 Å². The van der Waals surface area contributed by atoms with Gasteiger partial charge in [-0.25, -0.2) is 0 Å². The Morgan fingerprint density at radius 2 is 2.00 bits per heavy atom. The molecule has 1 aromatic carbocycles. The first-order chi connectivity index (χ1) is 10.7. The van der Waals surface area contributed by atoms with Crippen LogP contribution in [0.4, 0.5) is 13.2 Å². The van der Waals surface area contributed by atoms with Crippen LogP contribution in [-0.2, 0) is 16.0 Å². The number of amides is 1. The summed E-state index contributed by atoms with van der Waals surface area (Å²) in [5.41, 5.74) is 0.459. The molecule has 0 aromatic heterocycles. The van der Waals surface area contributed by atoms with E-state index in [-0.39, 0.29) is 12.2 Å². The summed E-state index contributed by atoms with van der Waals surface area (Å²) in [5, 5.41) is 8.80. The predicted molar refractivity (Wildman–Crippen MR) is 76.2 cm³/mol. The van der Waals surface area contributed by atoms with E-state index in [1.165, 1.54) is 23.1 Å². The van der Waals surface area contributed by atoms with Crippen LogP contribution in [0.2, 0.25) is 0 Å². The lowest BCUT2D eigenvalue weighted by Crippen LogP contribution is -2.37. The summed E-state index contributed by atoms with van der Waals surface area (Å²) in [5.74, 6) is -1.51. The number of carboxylic acid groups (broad SMARTS) is 1. The highest BCUT2D eigenvalue weighted by Crippen LogP contribution is 2.19. The molecule has 0 heterocycles. The number of hydrogen-bond acceptors (Lipinski definition) is 3. The van der Waals surface area contributed by atoms with E-state index in [4.69, 9.17) is 5.11 Å². The van der Waals surface area contributed by atoms with E-state index in [0.29, 0.717) is 18.5 Å². The van der Waals surface area contributed by atoms with Crippen LogP contribution in [-0.4, -0.2) is 47.8 Å². The van der Waals surface area contributed by atoms with Crippen molar-refractivity contribution < 1.29 is 32.6 Å². The molecule has 0 atom stereocenters. The van der Waals surface area contributed by atoms with Crippen molar-refractivity contribution in [3.8, 4) is 5.75 Å². The monoisotopic (exact) mass is 333 g/mol. The zero-order chi connectivity index (χ0) is 17.5. The number of halogens is 3. The highest BCUT2D eigenvalue weighted by molar-refractivity contribution is 5.83. The van der Waals surface area contributed by atoms with Gasteiger partial charge in [-0.3, -0.25) is 9.59 Å². The third kappa shape index (κ3) is 7.53. The van der Waals surface area contributed by atoms with E-state index in [9.17, 15) is 22.8 Å². The van der Waals surface area contributed by atoms with E-state index in [1.807, 2.05) is 6.92 Å². The molecule has 0 spiro atoms. The van der Waals surface area contributed by atoms with Gasteiger partial charge in [0.05, 0.1) is 6.42 Å². The molecule has 1 N–H and O–H groups in total. The van der Waals surface area contributed by atoms with Crippen LogP contribution in [0.25, 0.3) is 0 Å². The van der Waals surface area contributed by atoms with Crippen LogP contribution in [0, 0.1) is 0 Å². The lowest BCUT2D eigenvalue weighted by Gasteiger charge is -2.20. The molecule has 5 nitrogen and oxygen atoms in total. The van der Waals surface area contributed by atoms with E-state index >= 15 is 0 Å². The van der Waals surface area contributed by atoms with E-state index in [0.717, 1.165) is 0 Å². The fraction of sp³-hybridized carbons (Fsp3) is 0.467. The molecule has 0 bridgehead atoms. The number of benzene rings is 1. The van der Waals surface area contributed by atoms with Crippen molar-refractivity contribution in [2.75, 3.05) is 19.7 Å². The molecule has 23 heavy (non-hydrogen) atoms. The molecule has 0 unspecified atom stereocenters. The SMILES string of the molecule is CCCN(CC(=O)O)C(=O)Cc1cccc(OCC(F)(F)F)c1. The summed E-state index contributed by atoms with van der Waals surface area (Å²) in [6, 6.07) is 5.76. The molecule has 1 aromatic rings. The van der Waals surface area contributed by atoms with Crippen LogP contribution >= 0.6 is 0 Å². The van der Waals surface area contributed by atoms with Crippen molar-refractivity contribution in [2.45, 2.75) is 25.9 Å². The number of carboxylic acids is 1. The minimum Gasteiger partial charge on any atom is -0.484 e. The van der Waals surface area contributed by atoms with Gasteiger partial charge >= 0.3 is 12.1 Å². The molecule has 0 fully saturated rings. The second-order valence-electron chi connectivity index (χ2n) is 4.94. The number of ether oxygens (including phenoxy) is 1. The van der Waals surface area contributed by atoms with Crippen LogP contribution in [0.15, 0.2) is 24.3 Å². The molecule has 8 heteroatoms. The van der Waals surface area contributed by atoms with Crippen molar-refractivity contribution in [1.82, 2.24) is 4.90 Å². The van der Waals surface area contributed by atoms with Gasteiger partial charge in [0.25, 0.3) is 0 Å². The Labute approximate surface area is 131 Å². The first-order valence-electron chi connectivity index (χ1n) is 6.99. The van der Waals surface area contributed by atoms with Gasteiger partial charge in [-0.05, 0) is 24.1 Å². The number of hydrogen-bond donors (Lipinski definition) is 1. The molecule has 1 amide bonds. The zero-order valence-electron chi connectivity index (χ0n) is 12.6. The third-order valence-corrected chi connectivity index (χ3v) is 2.83. The average Bonchev–Trinajstić information content (AvgIpc) is 2.44. The van der Waals surface area contributed by atoms with Gasteiger partial charge in [0.15, 0.2) is 6.61 Å². The van der Waals surface area contributed by atoms with Gasteiger partial charge in [0.2, 0.25) is 5.91 Å². The van der Waals surface area contributed by atoms with Gasteiger partial charge in [-0.2, -0.15) is 13.2 Å². The van der Waals surface area contributed by atoms with Crippen molar-refractivity contribution in [2.24, 2.45) is 0 Å². The lowest BCUT2D eigenvalue weighted by molar-refractivity contribution is -0.153. The molecule has 128 valence electrons. The summed E-state index contributed by atoms with van der Waals surface area (Å²) in [6.45, 7) is 0.297. The number of alkyl halides is 3. The number of carbonyl (C=O) groups is 2. The summed E-state index contributed by atoms with van der Waals surface area (Å²) < 4.78 is 41.0. The second kappa shape index (κ2) is 8.40. The lowest BCUT2D eigenvalue weighted by atomic mass is 10.1. The summed E-state index contributed by atoms with van der Waals surface area (Å²) in [7, 11) is 0. The minimum atomic E-state index is -4.44. The van der Waals surface area contributed by atoms with Crippen molar-refractivity contribution >= 4 is 11.9 Å². The van der Waals surface area contributed by atoms with Crippen molar-refractivity contribution in [1.29, 1.82) is 0 Å². The van der Waals surface area contributed by atoms with Crippen LogP contribution < -0.4 is 4.74 Å². The topological polar surface area (TPSA) is 66.8 Å². The molecular formula is C15H18F3NO4. The quantitative estimate of drug-likeness (QED) is 0.794. The Hall–Kier alpha value is -2.25. The molecule has 0 radical (unpaired) electrons. The van der Waals surface area contributed by atoms with Crippen LogP contribution in [0.1, 0.15) is 18.9 Å². The molecule has 0 saturated heterocycles. The maximum Gasteiger partial charge on any atom is 0.422 e. The molecule has 0 aliphatic rings. The third-order valence-electron chi connectivity index (χ3n) is 2.83. The molecule has 0 aliphatic carbocycles. The number of carbonyl (C=O) groups excluding carboxylic acids is 1. The molecule has 0 saturated carbocycles. The largest absolute Gasteiger partial charge is 0.484 e. The highest BCUT2D eigenvalue weighted by atomic mass is 19.4. The van der Waals surface area contributed by atoms with Gasteiger partial charge in [-0.1, -0.05) is 19.1 Å². The van der Waals surface area contributed by atoms with Gasteiger partial charge in [0.1, 0.15) is 12.3 Å². The first-order valence-corrected chi connectivity index (χ1v) is 6.99. The zero-order valence-corrected chi connectivity index (χ0v) is 12.6. The van der Waals surface area contributed by atoms with Gasteiger partial charge in [0, 0.05) is 6.54 Å². The fourth-order valence-electron chi connectivity index (χ4n) is 1.92. The maximum absolute atomic E-state index is 12.1. The van der Waals surface area contributed by atoms with Crippen LogP contribution in [0.5, 0.6) is 5.75 Å². The van der Waals surface area contributed by atoms with Gasteiger partial charge in [-0.15, -0.1) is 0 Å². The Kier molecular flexibility index (Phi) is 6.87. The predicted octanol–water partition coefficient (Wildman–Crippen LogP) is 2.49. The van der Waals surface area contributed by atoms with Gasteiger partial charge < -0.3 is 14.7 Å². The average molecular weight is 333 g/mol. The highest BCUT2D eigenvalue weighted by Gasteiger charge is 2.28. The normalized spacial score (nSPS) is 11.1. The molecular weight excluding hydrogens is 315 g/mol. The Morgan fingerprint density at radius 3 is 2.57 bits per heavy atom. The van der Waals surface area contributed by atoms with Crippen molar-refractivity contribution in [3.05, 3.63) is 29.8 Å². The Bertz CT molecular complexity index is 546. The van der Waals surface area contributed by atoms with E-state index < -0.39 is 31.2 Å². The molecule has 1 rings (SSSR count). The standard InChI is InChI=1S/C15H18F3NO4/c1-2-6-19(9-14(21)22)13(20)8-11-4-3-5-12(7-11)23-10-15(16,17)18/h3-5,7H,2,6,8-10H2,1H3,(H,21,22). The van der Waals surface area contributed by atoms with E-state index in [1.54, 1.807) is 6.07 Å². The summed E-state index contributed by atoms with van der Waals surface area (Å²) >= 11 is 0. The smallest absolute Gasteiger partial charge is 0.422 e. The number of rotatable bonds is 8. The Morgan fingerprint density at radius 1 is 1.30 bits per heavy atom. The van der Waals surface area contributed by atoms with Crippen molar-refractivity contribution in [3.63, 3.8) is 0 Å². The Balaban J connectivity index is 2.71. The number of aliphatic carboxylic acids is 1. The fourth-order valence-corrected chi connectivity index (χ4v) is 1.92. The minimum absolute atomic E-state index is 0.00732. The maximum atomic E-state index is 12.1. The first kappa shape index (κ1) is 18.8. The van der Waals surface area contributed by atoms with Crippen LogP contribution in [0.3, 0.4) is 0 Å².